The van der Waals surface area contributed by atoms with Gasteiger partial charge >= 0.3 is 0 Å². The predicted molar refractivity (Wildman–Crippen MR) is 103 cm³/mol. The van der Waals surface area contributed by atoms with Crippen molar-refractivity contribution in [2.24, 2.45) is 0 Å². The first-order valence-electron chi connectivity index (χ1n) is 9.53. The number of hydrogen-bond acceptors (Lipinski definition) is 2. The van der Waals surface area contributed by atoms with E-state index in [0.717, 1.165) is 29.7 Å². The highest BCUT2D eigenvalue weighted by Gasteiger charge is 2.22. The zero-order valence-electron chi connectivity index (χ0n) is 16.2. The van der Waals surface area contributed by atoms with Crippen LogP contribution in [0.5, 0.6) is 0 Å². The monoisotopic (exact) mass is 344 g/mol. The quantitative estimate of drug-likeness (QED) is 0.799. The second-order valence-corrected chi connectivity index (χ2v) is 7.43. The average molecular weight is 344 g/mol. The van der Waals surface area contributed by atoms with Gasteiger partial charge < -0.3 is 10.2 Å². The molecule has 1 aliphatic rings. The number of carbonyl (C=O) groups excluding carboxylic acids is 2. The normalized spacial score (nSPS) is 15.5. The molecule has 0 atom stereocenters. The number of aryl methyl sites for hydroxylation is 3. The highest BCUT2D eigenvalue weighted by Crippen LogP contribution is 2.24. The lowest BCUT2D eigenvalue weighted by molar-refractivity contribution is -0.131. The van der Waals surface area contributed by atoms with Gasteiger partial charge in [0.25, 0.3) is 0 Å². The van der Waals surface area contributed by atoms with Crippen LogP contribution in [0.4, 0.5) is 5.69 Å². The molecule has 1 saturated carbocycles. The molecule has 1 fully saturated rings. The first kappa shape index (κ1) is 19.5. The summed E-state index contributed by atoms with van der Waals surface area (Å²) in [4.78, 5) is 26.4. The lowest BCUT2D eigenvalue weighted by atomic mass is 10.0. The molecule has 0 unspecified atom stereocenters. The molecule has 0 saturated heterocycles. The van der Waals surface area contributed by atoms with E-state index in [9.17, 15) is 9.59 Å². The van der Waals surface area contributed by atoms with Crippen LogP contribution in [-0.2, 0) is 9.59 Å². The Kier molecular flexibility index (Phi) is 7.03. The third-order valence-electron chi connectivity index (χ3n) is 5.19. The highest BCUT2D eigenvalue weighted by molar-refractivity contribution is 5.92. The van der Waals surface area contributed by atoms with Gasteiger partial charge in [0.1, 0.15) is 0 Å². The number of hydrogen-bond donors (Lipinski definition) is 1. The van der Waals surface area contributed by atoms with Crippen molar-refractivity contribution in [1.82, 2.24) is 4.90 Å². The minimum Gasteiger partial charge on any atom is -0.339 e. The fourth-order valence-electron chi connectivity index (χ4n) is 3.97. The predicted octanol–water partition coefficient (Wildman–Crippen LogP) is 4.51. The van der Waals surface area contributed by atoms with Crippen LogP contribution in [-0.4, -0.2) is 29.3 Å². The van der Waals surface area contributed by atoms with Gasteiger partial charge in [0.15, 0.2) is 0 Å². The molecule has 0 spiro atoms. The molecular weight excluding hydrogens is 312 g/mol. The molecule has 0 aromatic heterocycles. The van der Waals surface area contributed by atoms with Gasteiger partial charge in [-0.3, -0.25) is 9.59 Å². The van der Waals surface area contributed by atoms with Crippen molar-refractivity contribution in [3.8, 4) is 0 Å². The molecule has 1 aromatic carbocycles. The number of amides is 2. The minimum atomic E-state index is -0.0186. The molecule has 1 aliphatic carbocycles. The highest BCUT2D eigenvalue weighted by atomic mass is 16.2. The number of nitrogens with one attached hydrogen (secondary N) is 1. The Hall–Kier alpha value is -1.84. The second kappa shape index (κ2) is 9.02. The standard InChI is InChI=1S/C21H32N2O2/c1-15-13-16(2)21(17(3)14-15)22-20(25)11-12-23(18(4)24)19-9-7-5-6-8-10-19/h13-14,19H,5-12H2,1-4H3,(H,22,25). The number of nitrogens with zero attached hydrogens (tertiary/aromatic N) is 1. The van der Waals surface area contributed by atoms with Crippen LogP contribution < -0.4 is 5.32 Å². The van der Waals surface area contributed by atoms with E-state index in [1.54, 1.807) is 6.92 Å². The van der Waals surface area contributed by atoms with Gasteiger partial charge in [-0.2, -0.15) is 0 Å². The van der Waals surface area contributed by atoms with Crippen molar-refractivity contribution in [2.45, 2.75) is 78.7 Å². The largest absolute Gasteiger partial charge is 0.339 e. The van der Waals surface area contributed by atoms with Gasteiger partial charge in [0, 0.05) is 31.6 Å². The van der Waals surface area contributed by atoms with E-state index < -0.39 is 0 Å². The summed E-state index contributed by atoms with van der Waals surface area (Å²) in [5, 5.41) is 3.04. The first-order valence-corrected chi connectivity index (χ1v) is 9.53. The fourth-order valence-corrected chi connectivity index (χ4v) is 3.97. The Labute approximate surface area is 152 Å². The van der Waals surface area contributed by atoms with E-state index in [4.69, 9.17) is 0 Å². The Morgan fingerprint density at radius 1 is 1.04 bits per heavy atom. The van der Waals surface area contributed by atoms with E-state index in [2.05, 4.69) is 24.4 Å². The zero-order valence-corrected chi connectivity index (χ0v) is 16.2. The van der Waals surface area contributed by atoms with Gasteiger partial charge in [0.2, 0.25) is 11.8 Å². The lowest BCUT2D eigenvalue weighted by Crippen LogP contribution is -2.40. The molecule has 0 radical (unpaired) electrons. The summed E-state index contributed by atoms with van der Waals surface area (Å²) in [5.41, 5.74) is 4.26. The van der Waals surface area contributed by atoms with E-state index >= 15 is 0 Å². The summed E-state index contributed by atoms with van der Waals surface area (Å²) in [6.45, 7) is 8.22. The summed E-state index contributed by atoms with van der Waals surface area (Å²) in [5.74, 6) is 0.0670. The van der Waals surface area contributed by atoms with E-state index in [1.807, 2.05) is 18.7 Å². The van der Waals surface area contributed by atoms with Gasteiger partial charge in [-0.05, 0) is 44.7 Å². The molecule has 2 amide bonds. The number of carbonyl (C=O) groups is 2. The summed E-state index contributed by atoms with van der Waals surface area (Å²) in [7, 11) is 0. The lowest BCUT2D eigenvalue weighted by Gasteiger charge is -2.30. The van der Waals surface area contributed by atoms with Crippen molar-refractivity contribution in [3.05, 3.63) is 28.8 Å². The van der Waals surface area contributed by atoms with E-state index in [0.29, 0.717) is 19.0 Å². The summed E-state index contributed by atoms with van der Waals surface area (Å²) < 4.78 is 0. The van der Waals surface area contributed by atoms with Crippen LogP contribution in [0, 0.1) is 20.8 Å². The maximum absolute atomic E-state index is 12.4. The molecular formula is C21H32N2O2. The van der Waals surface area contributed by atoms with Gasteiger partial charge in [-0.15, -0.1) is 0 Å². The molecule has 1 aromatic rings. The Morgan fingerprint density at radius 3 is 2.12 bits per heavy atom. The number of rotatable bonds is 5. The molecule has 138 valence electrons. The van der Waals surface area contributed by atoms with Crippen molar-refractivity contribution in [1.29, 1.82) is 0 Å². The van der Waals surface area contributed by atoms with Crippen molar-refractivity contribution >= 4 is 17.5 Å². The molecule has 1 N–H and O–H groups in total. The maximum Gasteiger partial charge on any atom is 0.226 e. The van der Waals surface area contributed by atoms with Crippen molar-refractivity contribution in [2.75, 3.05) is 11.9 Å². The summed E-state index contributed by atoms with van der Waals surface area (Å²) >= 11 is 0. The Morgan fingerprint density at radius 2 is 1.60 bits per heavy atom. The number of anilines is 1. The third kappa shape index (κ3) is 5.58. The van der Waals surface area contributed by atoms with Gasteiger partial charge in [-0.1, -0.05) is 43.4 Å². The Balaban J connectivity index is 1.96. The third-order valence-corrected chi connectivity index (χ3v) is 5.19. The molecule has 4 heteroatoms. The molecule has 25 heavy (non-hydrogen) atoms. The van der Waals surface area contributed by atoms with Gasteiger partial charge in [-0.25, -0.2) is 0 Å². The van der Waals surface area contributed by atoms with Crippen LogP contribution in [0.15, 0.2) is 12.1 Å². The van der Waals surface area contributed by atoms with E-state index in [1.165, 1.54) is 31.2 Å². The second-order valence-electron chi connectivity index (χ2n) is 7.43. The van der Waals surface area contributed by atoms with Gasteiger partial charge in [0.05, 0.1) is 0 Å². The smallest absolute Gasteiger partial charge is 0.226 e. The SMILES string of the molecule is CC(=O)N(CCC(=O)Nc1c(C)cc(C)cc1C)C1CCCCCC1. The number of benzene rings is 1. The van der Waals surface area contributed by atoms with Crippen LogP contribution in [0.2, 0.25) is 0 Å². The van der Waals surface area contributed by atoms with Crippen LogP contribution >= 0.6 is 0 Å². The summed E-state index contributed by atoms with van der Waals surface area (Å²) in [6, 6.07) is 4.46. The maximum atomic E-state index is 12.4. The van der Waals surface area contributed by atoms with Crippen LogP contribution in [0.25, 0.3) is 0 Å². The summed E-state index contributed by atoms with van der Waals surface area (Å²) in [6.07, 6.45) is 7.37. The van der Waals surface area contributed by atoms with E-state index in [-0.39, 0.29) is 11.8 Å². The fraction of sp³-hybridized carbons (Fsp3) is 0.619. The molecule has 0 heterocycles. The van der Waals surface area contributed by atoms with Crippen molar-refractivity contribution < 1.29 is 9.59 Å². The molecule has 0 aliphatic heterocycles. The van der Waals surface area contributed by atoms with Crippen molar-refractivity contribution in [3.63, 3.8) is 0 Å². The first-order chi connectivity index (χ1) is 11.9. The molecule has 4 nitrogen and oxygen atoms in total. The minimum absolute atomic E-state index is 0.0186. The molecule has 0 bridgehead atoms. The molecule has 2 rings (SSSR count). The van der Waals surface area contributed by atoms with Crippen LogP contribution in [0.1, 0.15) is 68.6 Å². The Bertz CT molecular complexity index is 593. The van der Waals surface area contributed by atoms with Crippen LogP contribution in [0.3, 0.4) is 0 Å². The topological polar surface area (TPSA) is 49.4 Å². The average Bonchev–Trinajstić information content (AvgIpc) is 2.80. The zero-order chi connectivity index (χ0) is 18.4.